The minimum atomic E-state index is -0.276. The van der Waals surface area contributed by atoms with Gasteiger partial charge in [-0.1, -0.05) is 0 Å². The van der Waals surface area contributed by atoms with Gasteiger partial charge in [-0.15, -0.1) is 0 Å². The van der Waals surface area contributed by atoms with Gasteiger partial charge in [-0.05, 0) is 21.0 Å². The zero-order valence-electron chi connectivity index (χ0n) is 10.2. The van der Waals surface area contributed by atoms with E-state index in [-0.39, 0.29) is 33.6 Å². The van der Waals surface area contributed by atoms with Gasteiger partial charge in [0.1, 0.15) is 11.5 Å². The van der Waals surface area contributed by atoms with E-state index in [4.69, 9.17) is 0 Å². The van der Waals surface area contributed by atoms with E-state index in [1.54, 1.807) is 37.5 Å². The first-order valence-corrected chi connectivity index (χ1v) is 5.13. The normalized spacial score (nSPS) is 13.6. The van der Waals surface area contributed by atoms with Crippen molar-refractivity contribution in [3.8, 4) is 0 Å². The second kappa shape index (κ2) is 4.72. The Balaban J connectivity index is 0.00000144. The predicted molar refractivity (Wildman–Crippen MR) is 62.7 cm³/mol. The minimum Gasteiger partial charge on any atom is -0.498 e. The molecule has 0 atom stereocenters. The molecule has 6 nitrogen and oxygen atoms in total. The molecule has 0 amide bonds. The molecule has 0 spiro atoms. The molecule has 0 bridgehead atoms. The number of fused-ring (bicyclic) bond motifs is 1. The second-order valence-electron chi connectivity index (χ2n) is 3.90. The molecule has 0 fully saturated rings. The largest absolute Gasteiger partial charge is 1.00 e. The summed E-state index contributed by atoms with van der Waals surface area (Å²) >= 11 is 0. The van der Waals surface area contributed by atoms with Crippen LogP contribution >= 0.6 is 0 Å². The summed E-state index contributed by atoms with van der Waals surface area (Å²) < 4.78 is 2.74. The van der Waals surface area contributed by atoms with E-state index < -0.39 is 0 Å². The van der Waals surface area contributed by atoms with Crippen LogP contribution in [0.1, 0.15) is 6.92 Å². The Morgan fingerprint density at radius 3 is 2.24 bits per heavy atom. The molecule has 0 unspecified atom stereocenters. The van der Waals surface area contributed by atoms with Gasteiger partial charge < -0.3 is 9.80 Å². The quantitative estimate of drug-likeness (QED) is 0.518. The van der Waals surface area contributed by atoms with Crippen molar-refractivity contribution in [2.24, 2.45) is 7.05 Å². The fourth-order valence-electron chi connectivity index (χ4n) is 2.10. The summed E-state index contributed by atoms with van der Waals surface area (Å²) in [6.07, 6.45) is 0. The zero-order valence-corrected chi connectivity index (χ0v) is 11.7. The van der Waals surface area contributed by atoms with E-state index in [1.165, 1.54) is 9.13 Å². The molecule has 0 N–H and O–H groups in total. The zero-order chi connectivity index (χ0) is 12.0. The Morgan fingerprint density at radius 1 is 1.12 bits per heavy atom. The maximum absolute atomic E-state index is 12.1. The van der Waals surface area contributed by atoms with Crippen LogP contribution in [0, 0.1) is 6.67 Å². The molecular weight excluding hydrogens is 316 g/mol. The van der Waals surface area contributed by atoms with Crippen molar-refractivity contribution in [3.05, 3.63) is 27.5 Å². The van der Waals surface area contributed by atoms with Crippen LogP contribution < -0.4 is 21.0 Å². The third-order valence-corrected chi connectivity index (χ3v) is 2.84. The minimum absolute atomic E-state index is 0. The van der Waals surface area contributed by atoms with E-state index in [0.29, 0.717) is 18.1 Å². The summed E-state index contributed by atoms with van der Waals surface area (Å²) in [7, 11) is 5.29. The number of aromatic nitrogens is 2. The fraction of sp³-hybridized carbons (Fsp3) is 0.500. The molecule has 1 aromatic rings. The summed E-state index contributed by atoms with van der Waals surface area (Å²) in [5, 5.41) is 0. The topological polar surface area (TPSA) is 50.5 Å². The Bertz CT molecular complexity index is 548. The SMILES string of the molecule is CCn1c(=O)c2c(n(C)c1=O)N(C)[CH-]N2C.[Ag+]. The van der Waals surface area contributed by atoms with Gasteiger partial charge >= 0.3 is 28.1 Å². The standard InChI is InChI=1S/C10H15N4O2.Ag/c1-5-14-9(15)7-8(13(4)10(14)16)12(3)6-11(7)2;/h6H,5H2,1-4H3;/q-1;+1. The maximum atomic E-state index is 12.1. The van der Waals surface area contributed by atoms with Crippen molar-refractivity contribution >= 4 is 11.5 Å². The molecular formula is C10H15AgN4O2. The number of anilines is 2. The van der Waals surface area contributed by atoms with Crippen molar-refractivity contribution in [2.45, 2.75) is 13.5 Å². The molecule has 0 saturated heterocycles. The summed E-state index contributed by atoms with van der Waals surface area (Å²) in [5.74, 6) is 0.641. The van der Waals surface area contributed by atoms with Gasteiger partial charge in [0.25, 0.3) is 5.56 Å². The Hall–Kier alpha value is -0.980. The fourth-order valence-corrected chi connectivity index (χ4v) is 2.10. The van der Waals surface area contributed by atoms with Gasteiger partial charge in [-0.2, -0.15) is 6.67 Å². The summed E-state index contributed by atoms with van der Waals surface area (Å²) in [6, 6.07) is 0. The third kappa shape index (κ3) is 1.86. The molecule has 0 saturated carbocycles. The third-order valence-electron chi connectivity index (χ3n) is 2.84. The number of hydrogen-bond acceptors (Lipinski definition) is 4. The second-order valence-corrected chi connectivity index (χ2v) is 3.90. The van der Waals surface area contributed by atoms with Crippen molar-refractivity contribution in [1.29, 1.82) is 0 Å². The average molecular weight is 331 g/mol. The molecule has 7 heteroatoms. The number of rotatable bonds is 1. The van der Waals surface area contributed by atoms with E-state index in [1.807, 2.05) is 7.05 Å². The first-order valence-electron chi connectivity index (χ1n) is 5.13. The molecule has 1 aliphatic rings. The molecule has 2 rings (SSSR count). The molecule has 1 aromatic heterocycles. The Morgan fingerprint density at radius 2 is 1.71 bits per heavy atom. The number of nitrogens with zero attached hydrogens (tertiary/aromatic N) is 4. The van der Waals surface area contributed by atoms with Crippen LogP contribution in [0.2, 0.25) is 0 Å². The van der Waals surface area contributed by atoms with Crippen LogP contribution in [0.4, 0.5) is 11.5 Å². The van der Waals surface area contributed by atoms with Gasteiger partial charge in [0.2, 0.25) is 0 Å². The average Bonchev–Trinajstić information content (AvgIpc) is 2.52. The van der Waals surface area contributed by atoms with Crippen LogP contribution in [0.3, 0.4) is 0 Å². The van der Waals surface area contributed by atoms with Gasteiger partial charge in [-0.25, -0.2) is 4.79 Å². The molecule has 0 radical (unpaired) electrons. The molecule has 2 heterocycles. The summed E-state index contributed by atoms with van der Waals surface area (Å²) in [6.45, 7) is 3.96. The Labute approximate surface area is 115 Å². The molecule has 0 aliphatic carbocycles. The molecule has 0 aromatic carbocycles. The van der Waals surface area contributed by atoms with Crippen LogP contribution in [-0.4, -0.2) is 23.2 Å². The maximum Gasteiger partial charge on any atom is 1.00 e. The van der Waals surface area contributed by atoms with Crippen LogP contribution in [0.25, 0.3) is 0 Å². The van der Waals surface area contributed by atoms with E-state index >= 15 is 0 Å². The smallest absolute Gasteiger partial charge is 0.498 e. The van der Waals surface area contributed by atoms with Crippen molar-refractivity contribution in [1.82, 2.24) is 9.13 Å². The van der Waals surface area contributed by atoms with Crippen molar-refractivity contribution in [2.75, 3.05) is 23.9 Å². The van der Waals surface area contributed by atoms with Gasteiger partial charge in [0.05, 0.1) is 0 Å². The summed E-state index contributed by atoms with van der Waals surface area (Å²) in [5.41, 5.74) is 0.0388. The van der Waals surface area contributed by atoms with E-state index in [9.17, 15) is 9.59 Å². The molecule has 1 aliphatic heterocycles. The van der Waals surface area contributed by atoms with Gasteiger partial charge in [-0.3, -0.25) is 13.9 Å². The van der Waals surface area contributed by atoms with Crippen LogP contribution in [-0.2, 0) is 36.0 Å². The van der Waals surface area contributed by atoms with E-state index in [0.717, 1.165) is 0 Å². The predicted octanol–water partition coefficient (Wildman–Crippen LogP) is -0.430. The molecule has 17 heavy (non-hydrogen) atoms. The first kappa shape index (κ1) is 14.1. The van der Waals surface area contributed by atoms with Crippen LogP contribution in [0.15, 0.2) is 9.59 Å². The monoisotopic (exact) mass is 330 g/mol. The first-order chi connectivity index (χ1) is 7.49. The van der Waals surface area contributed by atoms with E-state index in [2.05, 4.69) is 0 Å². The van der Waals surface area contributed by atoms with Gasteiger partial charge in [0, 0.05) is 13.6 Å². The molecule has 98 valence electrons. The van der Waals surface area contributed by atoms with Crippen molar-refractivity contribution in [3.63, 3.8) is 0 Å². The Kier molecular flexibility index (Phi) is 3.91. The number of hydrogen-bond donors (Lipinski definition) is 0. The van der Waals surface area contributed by atoms with Gasteiger partial charge in [0.15, 0.2) is 0 Å². The van der Waals surface area contributed by atoms with Crippen molar-refractivity contribution < 1.29 is 22.4 Å². The van der Waals surface area contributed by atoms with Crippen LogP contribution in [0.5, 0.6) is 0 Å². The summed E-state index contributed by atoms with van der Waals surface area (Å²) in [4.78, 5) is 27.5.